The van der Waals surface area contributed by atoms with Crippen LogP contribution in [0, 0.1) is 6.92 Å². The fraction of sp³-hybridized carbons (Fsp3) is 0.429. The number of anilines is 1. The second-order valence-electron chi connectivity index (χ2n) is 4.96. The fourth-order valence-electron chi connectivity index (χ4n) is 2.41. The molecule has 3 heterocycles. The highest BCUT2D eigenvalue weighted by atomic mass is 15.2. The van der Waals surface area contributed by atoms with Crippen molar-refractivity contribution >= 4 is 5.82 Å². The van der Waals surface area contributed by atoms with E-state index in [-0.39, 0.29) is 0 Å². The molecule has 0 atom stereocenters. The summed E-state index contributed by atoms with van der Waals surface area (Å²) in [6, 6.07) is 4.18. The van der Waals surface area contributed by atoms with Crippen molar-refractivity contribution in [1.82, 2.24) is 19.9 Å². The molecule has 3 rings (SSSR count). The van der Waals surface area contributed by atoms with Gasteiger partial charge in [0.1, 0.15) is 11.6 Å². The largest absolute Gasteiger partial charge is 0.357 e. The van der Waals surface area contributed by atoms with Crippen LogP contribution in [0.15, 0.2) is 24.5 Å². The summed E-state index contributed by atoms with van der Waals surface area (Å²) in [7, 11) is 2.02. The van der Waals surface area contributed by atoms with Crippen LogP contribution < -0.4 is 10.2 Å². The standard InChI is InChI=1S/C14H19N5/c1-11-16-13(12-3-6-18(2)10-12)9-14(17-11)19-7-4-15-5-8-19/h3,6,9-10,15H,4-5,7-8H2,1-2H3. The van der Waals surface area contributed by atoms with Crippen molar-refractivity contribution in [2.45, 2.75) is 6.92 Å². The zero-order chi connectivity index (χ0) is 13.2. The molecule has 1 aliphatic rings. The van der Waals surface area contributed by atoms with Crippen molar-refractivity contribution in [3.8, 4) is 11.3 Å². The first-order valence-electron chi connectivity index (χ1n) is 6.66. The van der Waals surface area contributed by atoms with Crippen molar-refractivity contribution in [3.05, 3.63) is 30.4 Å². The minimum Gasteiger partial charge on any atom is -0.357 e. The Labute approximate surface area is 113 Å². The van der Waals surface area contributed by atoms with Crippen molar-refractivity contribution in [2.24, 2.45) is 7.05 Å². The van der Waals surface area contributed by atoms with Gasteiger partial charge in [-0.05, 0) is 13.0 Å². The van der Waals surface area contributed by atoms with Crippen LogP contribution in [0.2, 0.25) is 0 Å². The summed E-state index contributed by atoms with van der Waals surface area (Å²) in [6.07, 6.45) is 4.13. The third-order valence-corrected chi connectivity index (χ3v) is 3.39. The Morgan fingerprint density at radius 1 is 1.21 bits per heavy atom. The second kappa shape index (κ2) is 5.01. The minimum atomic E-state index is 0.829. The Bertz CT molecular complexity index is 569. The normalized spacial score (nSPS) is 15.8. The lowest BCUT2D eigenvalue weighted by Crippen LogP contribution is -2.44. The molecular formula is C14H19N5. The number of hydrogen-bond donors (Lipinski definition) is 1. The zero-order valence-electron chi connectivity index (χ0n) is 11.4. The molecule has 0 aliphatic carbocycles. The number of rotatable bonds is 2. The van der Waals surface area contributed by atoms with Crippen LogP contribution in [-0.2, 0) is 7.05 Å². The van der Waals surface area contributed by atoms with Gasteiger partial charge in [0.25, 0.3) is 0 Å². The number of hydrogen-bond acceptors (Lipinski definition) is 4. The van der Waals surface area contributed by atoms with Crippen LogP contribution >= 0.6 is 0 Å². The molecule has 0 bridgehead atoms. The molecule has 19 heavy (non-hydrogen) atoms. The van der Waals surface area contributed by atoms with Gasteiger partial charge in [-0.15, -0.1) is 0 Å². The van der Waals surface area contributed by atoms with Crippen LogP contribution in [0.4, 0.5) is 5.82 Å². The monoisotopic (exact) mass is 257 g/mol. The van der Waals surface area contributed by atoms with E-state index < -0.39 is 0 Å². The number of nitrogens with one attached hydrogen (secondary N) is 1. The van der Waals surface area contributed by atoms with E-state index in [0.29, 0.717) is 0 Å². The molecule has 0 spiro atoms. The van der Waals surface area contributed by atoms with Gasteiger partial charge in [0.05, 0.1) is 5.69 Å². The molecular weight excluding hydrogens is 238 g/mol. The predicted octanol–water partition coefficient (Wildman–Crippen LogP) is 1.20. The summed E-state index contributed by atoms with van der Waals surface area (Å²) in [5.74, 6) is 1.86. The Kier molecular flexibility index (Phi) is 3.21. The van der Waals surface area contributed by atoms with E-state index in [1.807, 2.05) is 24.7 Å². The van der Waals surface area contributed by atoms with Crippen LogP contribution in [-0.4, -0.2) is 40.7 Å². The quantitative estimate of drug-likeness (QED) is 0.878. The number of aromatic nitrogens is 3. The Morgan fingerprint density at radius 2 is 2.00 bits per heavy atom. The van der Waals surface area contributed by atoms with Crippen LogP contribution in [0.1, 0.15) is 5.82 Å². The van der Waals surface area contributed by atoms with Crippen LogP contribution in [0.5, 0.6) is 0 Å². The average Bonchev–Trinajstić information content (AvgIpc) is 2.86. The smallest absolute Gasteiger partial charge is 0.132 e. The first-order valence-corrected chi connectivity index (χ1v) is 6.66. The Hall–Kier alpha value is -1.88. The second-order valence-corrected chi connectivity index (χ2v) is 4.96. The highest BCUT2D eigenvalue weighted by Crippen LogP contribution is 2.22. The maximum absolute atomic E-state index is 4.57. The molecule has 1 N–H and O–H groups in total. The molecule has 5 nitrogen and oxygen atoms in total. The van der Waals surface area contributed by atoms with E-state index in [0.717, 1.165) is 49.1 Å². The zero-order valence-corrected chi connectivity index (χ0v) is 11.4. The molecule has 2 aromatic heterocycles. The summed E-state index contributed by atoms with van der Waals surface area (Å²) in [6.45, 7) is 6.00. The molecule has 0 amide bonds. The van der Waals surface area contributed by atoms with Gasteiger partial charge < -0.3 is 14.8 Å². The molecule has 5 heteroatoms. The van der Waals surface area contributed by atoms with E-state index in [9.17, 15) is 0 Å². The Morgan fingerprint density at radius 3 is 2.68 bits per heavy atom. The molecule has 0 radical (unpaired) electrons. The number of aryl methyl sites for hydroxylation is 2. The summed E-state index contributed by atoms with van der Waals surface area (Å²) < 4.78 is 2.04. The lowest BCUT2D eigenvalue weighted by Gasteiger charge is -2.28. The van der Waals surface area contributed by atoms with Crippen LogP contribution in [0.3, 0.4) is 0 Å². The SMILES string of the molecule is Cc1nc(-c2ccn(C)c2)cc(N2CCNCC2)n1. The van der Waals surface area contributed by atoms with Crippen molar-refractivity contribution in [3.63, 3.8) is 0 Å². The van der Waals surface area contributed by atoms with Crippen molar-refractivity contribution < 1.29 is 0 Å². The third-order valence-electron chi connectivity index (χ3n) is 3.39. The van der Waals surface area contributed by atoms with E-state index in [1.165, 1.54) is 0 Å². The predicted molar refractivity (Wildman–Crippen MR) is 76.3 cm³/mol. The molecule has 0 saturated carbocycles. The molecule has 100 valence electrons. The maximum atomic E-state index is 4.57. The minimum absolute atomic E-state index is 0.829. The Balaban J connectivity index is 1.95. The lowest BCUT2D eigenvalue weighted by molar-refractivity contribution is 0.584. The maximum Gasteiger partial charge on any atom is 0.132 e. The van der Waals surface area contributed by atoms with Gasteiger partial charge in [0.2, 0.25) is 0 Å². The first kappa shape index (κ1) is 12.2. The molecule has 1 saturated heterocycles. The fourth-order valence-corrected chi connectivity index (χ4v) is 2.41. The summed E-state index contributed by atoms with van der Waals surface area (Å²) >= 11 is 0. The highest BCUT2D eigenvalue weighted by molar-refractivity contribution is 5.62. The summed E-state index contributed by atoms with van der Waals surface area (Å²) in [5, 5.41) is 3.36. The van der Waals surface area contributed by atoms with Gasteiger partial charge in [-0.2, -0.15) is 0 Å². The molecule has 0 unspecified atom stereocenters. The molecule has 1 aliphatic heterocycles. The number of piperazine rings is 1. The third kappa shape index (κ3) is 2.61. The van der Waals surface area contributed by atoms with Gasteiger partial charge in [-0.25, -0.2) is 9.97 Å². The van der Waals surface area contributed by atoms with Gasteiger partial charge in [0, 0.05) is 57.3 Å². The van der Waals surface area contributed by atoms with E-state index in [1.54, 1.807) is 0 Å². The first-order chi connectivity index (χ1) is 9.22. The van der Waals surface area contributed by atoms with Gasteiger partial charge >= 0.3 is 0 Å². The summed E-state index contributed by atoms with van der Waals surface area (Å²) in [5.41, 5.74) is 2.14. The van der Waals surface area contributed by atoms with Crippen LogP contribution in [0.25, 0.3) is 11.3 Å². The van der Waals surface area contributed by atoms with Gasteiger partial charge in [-0.3, -0.25) is 0 Å². The topological polar surface area (TPSA) is 46.0 Å². The molecule has 2 aromatic rings. The van der Waals surface area contributed by atoms with E-state index in [2.05, 4.69) is 38.5 Å². The average molecular weight is 257 g/mol. The molecule has 0 aromatic carbocycles. The van der Waals surface area contributed by atoms with Crippen molar-refractivity contribution in [1.29, 1.82) is 0 Å². The van der Waals surface area contributed by atoms with E-state index in [4.69, 9.17) is 0 Å². The summed E-state index contributed by atoms with van der Waals surface area (Å²) in [4.78, 5) is 11.4. The highest BCUT2D eigenvalue weighted by Gasteiger charge is 2.14. The van der Waals surface area contributed by atoms with Crippen molar-refractivity contribution in [2.75, 3.05) is 31.1 Å². The molecule has 1 fully saturated rings. The number of nitrogens with zero attached hydrogens (tertiary/aromatic N) is 4. The van der Waals surface area contributed by atoms with Gasteiger partial charge in [-0.1, -0.05) is 0 Å². The van der Waals surface area contributed by atoms with E-state index >= 15 is 0 Å². The lowest BCUT2D eigenvalue weighted by atomic mass is 10.2. The van der Waals surface area contributed by atoms with Gasteiger partial charge in [0.15, 0.2) is 0 Å².